The van der Waals surface area contributed by atoms with Crippen molar-refractivity contribution in [2.24, 2.45) is 0 Å². The molecule has 0 radical (unpaired) electrons. The third-order valence-electron chi connectivity index (χ3n) is 3.04. The minimum Gasteiger partial charge on any atom is -0.496 e. The Balaban J connectivity index is 2.12. The first-order chi connectivity index (χ1) is 8.35. The lowest BCUT2D eigenvalue weighted by atomic mass is 10.0. The lowest BCUT2D eigenvalue weighted by Crippen LogP contribution is -2.30. The second-order valence-corrected chi connectivity index (χ2v) is 4.10. The quantitative estimate of drug-likeness (QED) is 0.845. The highest BCUT2D eigenvalue weighted by molar-refractivity contribution is 5.34. The van der Waals surface area contributed by atoms with Gasteiger partial charge in [0.15, 0.2) is 0 Å². The number of para-hydroxylation sites is 1. The Bertz CT molecular complexity index is 401. The van der Waals surface area contributed by atoms with Gasteiger partial charge in [0.05, 0.1) is 19.8 Å². The van der Waals surface area contributed by atoms with Crippen molar-refractivity contribution >= 4 is 0 Å². The third kappa shape index (κ3) is 2.80. The highest BCUT2D eigenvalue weighted by Crippen LogP contribution is 2.22. The van der Waals surface area contributed by atoms with Crippen LogP contribution in [-0.4, -0.2) is 26.8 Å². The summed E-state index contributed by atoms with van der Waals surface area (Å²) in [7, 11) is 3.67. The maximum absolute atomic E-state index is 5.61. The number of hydrogen-bond acceptors (Lipinski definition) is 3. The van der Waals surface area contributed by atoms with Gasteiger partial charge >= 0.3 is 0 Å². The summed E-state index contributed by atoms with van der Waals surface area (Å²) in [4.78, 5) is 0. The maximum atomic E-state index is 5.61. The summed E-state index contributed by atoms with van der Waals surface area (Å²) >= 11 is 0. The first kappa shape index (κ1) is 12.0. The Morgan fingerprint density at radius 2 is 2.24 bits per heavy atom. The van der Waals surface area contributed by atoms with Crippen LogP contribution in [0.3, 0.4) is 0 Å². The summed E-state index contributed by atoms with van der Waals surface area (Å²) in [5.41, 5.74) is 1.20. The Hall–Kier alpha value is -1.48. The van der Waals surface area contributed by atoms with Crippen molar-refractivity contribution in [2.45, 2.75) is 18.9 Å². The van der Waals surface area contributed by atoms with E-state index >= 15 is 0 Å². The normalized spacial score (nSPS) is 16.2. The van der Waals surface area contributed by atoms with Crippen LogP contribution in [0.5, 0.6) is 5.75 Å². The number of methoxy groups -OCH3 is 1. The van der Waals surface area contributed by atoms with Gasteiger partial charge in [-0.25, -0.2) is 0 Å². The summed E-state index contributed by atoms with van der Waals surface area (Å²) < 4.78 is 11.0. The summed E-state index contributed by atoms with van der Waals surface area (Å²) in [5.74, 6) is 1.99. The standard InChI is InChI=1S/C14H19NO2/c1-15-12(14-8-5-9-17-14)10-11-6-3-4-7-13(11)16-2/h3-4,6-8,12,15H,5,9-10H2,1-2H3. The molecular formula is C14H19NO2. The molecule has 1 aliphatic heterocycles. The van der Waals surface area contributed by atoms with Crippen LogP contribution in [0.1, 0.15) is 12.0 Å². The molecule has 2 rings (SSSR count). The fourth-order valence-corrected chi connectivity index (χ4v) is 2.12. The Kier molecular flexibility index (Phi) is 4.04. The van der Waals surface area contributed by atoms with Crippen LogP contribution >= 0.6 is 0 Å². The Morgan fingerprint density at radius 1 is 1.41 bits per heavy atom. The zero-order chi connectivity index (χ0) is 12.1. The predicted octanol–water partition coefficient (Wildman–Crippen LogP) is 2.13. The van der Waals surface area contributed by atoms with E-state index in [1.807, 2.05) is 25.2 Å². The van der Waals surface area contributed by atoms with Crippen LogP contribution < -0.4 is 10.1 Å². The molecule has 1 aromatic rings. The molecule has 0 spiro atoms. The second kappa shape index (κ2) is 5.73. The van der Waals surface area contributed by atoms with Crippen molar-refractivity contribution < 1.29 is 9.47 Å². The van der Waals surface area contributed by atoms with E-state index in [0.717, 1.165) is 31.0 Å². The van der Waals surface area contributed by atoms with Gasteiger partial charge in [0.25, 0.3) is 0 Å². The highest BCUT2D eigenvalue weighted by Gasteiger charge is 2.18. The molecular weight excluding hydrogens is 214 g/mol. The molecule has 0 aromatic heterocycles. The molecule has 0 amide bonds. The smallest absolute Gasteiger partial charge is 0.122 e. The number of ether oxygens (including phenoxy) is 2. The topological polar surface area (TPSA) is 30.5 Å². The zero-order valence-electron chi connectivity index (χ0n) is 10.4. The summed E-state index contributed by atoms with van der Waals surface area (Å²) in [5, 5.41) is 3.29. The number of nitrogens with one attached hydrogen (secondary N) is 1. The van der Waals surface area contributed by atoms with Gasteiger partial charge in [-0.05, 0) is 31.2 Å². The van der Waals surface area contributed by atoms with Crippen molar-refractivity contribution in [3.63, 3.8) is 0 Å². The largest absolute Gasteiger partial charge is 0.496 e. The molecule has 0 fully saturated rings. The van der Waals surface area contributed by atoms with Crippen molar-refractivity contribution in [1.82, 2.24) is 5.32 Å². The molecule has 1 atom stereocenters. The molecule has 0 aliphatic carbocycles. The number of benzene rings is 1. The van der Waals surface area contributed by atoms with E-state index in [2.05, 4.69) is 17.5 Å². The van der Waals surface area contributed by atoms with E-state index < -0.39 is 0 Å². The van der Waals surface area contributed by atoms with E-state index in [1.54, 1.807) is 7.11 Å². The van der Waals surface area contributed by atoms with Crippen molar-refractivity contribution in [1.29, 1.82) is 0 Å². The molecule has 1 unspecified atom stereocenters. The molecule has 1 aromatic carbocycles. The Morgan fingerprint density at radius 3 is 2.88 bits per heavy atom. The average Bonchev–Trinajstić information content (AvgIpc) is 2.90. The molecule has 3 heteroatoms. The van der Waals surface area contributed by atoms with Crippen LogP contribution in [0.4, 0.5) is 0 Å². The maximum Gasteiger partial charge on any atom is 0.122 e. The lowest BCUT2D eigenvalue weighted by molar-refractivity contribution is 0.216. The fraction of sp³-hybridized carbons (Fsp3) is 0.429. The monoisotopic (exact) mass is 233 g/mol. The van der Waals surface area contributed by atoms with Gasteiger partial charge in [0.1, 0.15) is 11.5 Å². The van der Waals surface area contributed by atoms with Gasteiger partial charge in [0, 0.05) is 6.42 Å². The zero-order valence-corrected chi connectivity index (χ0v) is 10.4. The number of rotatable bonds is 5. The van der Waals surface area contributed by atoms with Crippen LogP contribution in [0.2, 0.25) is 0 Å². The van der Waals surface area contributed by atoms with Gasteiger partial charge in [0.2, 0.25) is 0 Å². The van der Waals surface area contributed by atoms with Crippen LogP contribution in [0.25, 0.3) is 0 Å². The third-order valence-corrected chi connectivity index (χ3v) is 3.04. The van der Waals surface area contributed by atoms with Gasteiger partial charge in [-0.1, -0.05) is 18.2 Å². The van der Waals surface area contributed by atoms with Gasteiger partial charge in [-0.3, -0.25) is 0 Å². The van der Waals surface area contributed by atoms with Crippen LogP contribution in [0, 0.1) is 0 Å². The summed E-state index contributed by atoms with van der Waals surface area (Å²) in [6, 6.07) is 8.34. The van der Waals surface area contributed by atoms with E-state index in [9.17, 15) is 0 Å². The SMILES string of the molecule is CNC(Cc1ccccc1OC)C1=CCCO1. The summed E-state index contributed by atoms with van der Waals surface area (Å²) in [6.07, 6.45) is 4.06. The number of likely N-dealkylation sites (N-methyl/N-ethyl adjacent to an activating group) is 1. The van der Waals surface area contributed by atoms with Crippen molar-refractivity contribution in [2.75, 3.05) is 20.8 Å². The molecule has 17 heavy (non-hydrogen) atoms. The molecule has 1 heterocycles. The predicted molar refractivity (Wildman–Crippen MR) is 68.2 cm³/mol. The molecule has 3 nitrogen and oxygen atoms in total. The van der Waals surface area contributed by atoms with E-state index in [-0.39, 0.29) is 6.04 Å². The van der Waals surface area contributed by atoms with Gasteiger partial charge in [-0.2, -0.15) is 0 Å². The first-order valence-electron chi connectivity index (χ1n) is 5.97. The minimum absolute atomic E-state index is 0.230. The summed E-state index contributed by atoms with van der Waals surface area (Å²) in [6.45, 7) is 0.805. The molecule has 0 bridgehead atoms. The molecule has 92 valence electrons. The molecule has 1 aliphatic rings. The van der Waals surface area contributed by atoms with Crippen molar-refractivity contribution in [3.8, 4) is 5.75 Å². The van der Waals surface area contributed by atoms with Crippen molar-refractivity contribution in [3.05, 3.63) is 41.7 Å². The average molecular weight is 233 g/mol. The van der Waals surface area contributed by atoms with E-state index in [0.29, 0.717) is 0 Å². The van der Waals surface area contributed by atoms with E-state index in [4.69, 9.17) is 9.47 Å². The number of hydrogen-bond donors (Lipinski definition) is 1. The second-order valence-electron chi connectivity index (χ2n) is 4.10. The lowest BCUT2D eigenvalue weighted by Gasteiger charge is -2.18. The van der Waals surface area contributed by atoms with Crippen LogP contribution in [-0.2, 0) is 11.2 Å². The molecule has 1 N–H and O–H groups in total. The van der Waals surface area contributed by atoms with Gasteiger partial charge < -0.3 is 14.8 Å². The Labute approximate surface area is 102 Å². The minimum atomic E-state index is 0.230. The first-order valence-corrected chi connectivity index (χ1v) is 5.97. The highest BCUT2D eigenvalue weighted by atomic mass is 16.5. The molecule has 0 saturated heterocycles. The van der Waals surface area contributed by atoms with Gasteiger partial charge in [-0.15, -0.1) is 0 Å². The van der Waals surface area contributed by atoms with E-state index in [1.165, 1.54) is 5.56 Å². The fourth-order valence-electron chi connectivity index (χ4n) is 2.12. The molecule has 0 saturated carbocycles. The van der Waals surface area contributed by atoms with Crippen LogP contribution in [0.15, 0.2) is 36.1 Å².